The van der Waals surface area contributed by atoms with E-state index in [2.05, 4.69) is 13.8 Å². The van der Waals surface area contributed by atoms with E-state index in [1.807, 2.05) is 25.1 Å². The molecule has 0 saturated carbocycles. The van der Waals surface area contributed by atoms with Gasteiger partial charge in [-0.05, 0) is 48.8 Å². The Kier molecular flexibility index (Phi) is 14.8. The Hall–Kier alpha value is -1.43. The van der Waals surface area contributed by atoms with E-state index >= 15 is 0 Å². The SMILES string of the molecule is CCCCCN(C[C@H](O)[C@@H](N)C[C@H](Cc1ccc(OC)c(OCCCOC)c1)C(C)C)S(N)(=O)=O. The molecule has 10 heteroatoms. The van der Waals surface area contributed by atoms with Gasteiger partial charge < -0.3 is 25.1 Å². The molecule has 0 unspecified atom stereocenters. The number of ether oxygens (including phenoxy) is 3. The summed E-state index contributed by atoms with van der Waals surface area (Å²) in [5, 5.41) is 16.1. The monoisotopic (exact) mass is 517 g/mol. The van der Waals surface area contributed by atoms with Gasteiger partial charge in [0.05, 0.1) is 19.8 Å². The molecule has 0 aliphatic carbocycles. The predicted octanol–water partition coefficient (Wildman–Crippen LogP) is 2.70. The second-order valence-electron chi connectivity index (χ2n) is 9.47. The molecule has 0 bridgehead atoms. The lowest BCUT2D eigenvalue weighted by molar-refractivity contribution is 0.104. The number of unbranched alkanes of at least 4 members (excludes halogenated alkanes) is 2. The van der Waals surface area contributed by atoms with Crippen molar-refractivity contribution in [1.29, 1.82) is 0 Å². The highest BCUT2D eigenvalue weighted by Crippen LogP contribution is 2.31. The molecule has 0 aliphatic heterocycles. The zero-order valence-corrected chi connectivity index (χ0v) is 22.9. The van der Waals surface area contributed by atoms with Crippen molar-refractivity contribution in [3.05, 3.63) is 23.8 Å². The minimum Gasteiger partial charge on any atom is -0.493 e. The van der Waals surface area contributed by atoms with E-state index in [-0.39, 0.29) is 19.0 Å². The number of aliphatic hydroxyl groups excluding tert-OH is 1. The molecule has 1 aromatic rings. The summed E-state index contributed by atoms with van der Waals surface area (Å²) < 4.78 is 41.5. The van der Waals surface area contributed by atoms with Gasteiger partial charge in [-0.3, -0.25) is 0 Å². The maximum absolute atomic E-state index is 12.0. The van der Waals surface area contributed by atoms with E-state index in [9.17, 15) is 13.5 Å². The van der Waals surface area contributed by atoms with Gasteiger partial charge in [-0.25, -0.2) is 5.14 Å². The van der Waals surface area contributed by atoms with Crippen LogP contribution in [0.5, 0.6) is 11.5 Å². The molecule has 3 atom stereocenters. The number of hydrogen-bond donors (Lipinski definition) is 3. The van der Waals surface area contributed by atoms with Gasteiger partial charge in [0.15, 0.2) is 11.5 Å². The average Bonchev–Trinajstić information content (AvgIpc) is 2.80. The first kappa shape index (κ1) is 31.6. The number of rotatable bonds is 19. The number of nitrogens with two attached hydrogens (primary N) is 2. The number of nitrogens with zero attached hydrogens (tertiary/aromatic N) is 1. The number of benzene rings is 1. The summed E-state index contributed by atoms with van der Waals surface area (Å²) in [6, 6.07) is 5.31. The minimum atomic E-state index is -3.91. The highest BCUT2D eigenvalue weighted by molar-refractivity contribution is 7.86. The van der Waals surface area contributed by atoms with E-state index in [1.165, 1.54) is 0 Å². The lowest BCUT2D eigenvalue weighted by Crippen LogP contribution is -2.48. The Bertz CT molecular complexity index is 821. The summed E-state index contributed by atoms with van der Waals surface area (Å²) in [4.78, 5) is 0. The smallest absolute Gasteiger partial charge is 0.276 e. The zero-order chi connectivity index (χ0) is 26.4. The first-order chi connectivity index (χ1) is 16.5. The number of aliphatic hydroxyl groups is 1. The first-order valence-corrected chi connectivity index (χ1v) is 14.0. The van der Waals surface area contributed by atoms with Crippen molar-refractivity contribution in [3.63, 3.8) is 0 Å². The minimum absolute atomic E-state index is 0.101. The van der Waals surface area contributed by atoms with E-state index < -0.39 is 22.4 Å². The van der Waals surface area contributed by atoms with Crippen LogP contribution in [-0.2, 0) is 21.4 Å². The van der Waals surface area contributed by atoms with Crippen LogP contribution in [0, 0.1) is 11.8 Å². The molecule has 0 saturated heterocycles. The van der Waals surface area contributed by atoms with Crippen molar-refractivity contribution in [2.24, 2.45) is 22.7 Å². The largest absolute Gasteiger partial charge is 0.493 e. The lowest BCUT2D eigenvalue weighted by Gasteiger charge is -2.30. The zero-order valence-electron chi connectivity index (χ0n) is 22.1. The van der Waals surface area contributed by atoms with E-state index in [1.54, 1.807) is 14.2 Å². The van der Waals surface area contributed by atoms with Crippen LogP contribution in [0.25, 0.3) is 0 Å². The third-order valence-corrected chi connectivity index (χ3v) is 7.30. The Morgan fingerprint density at radius 3 is 2.37 bits per heavy atom. The molecule has 1 rings (SSSR count). The molecule has 0 aliphatic rings. The Balaban J connectivity index is 2.85. The molecule has 204 valence electrons. The van der Waals surface area contributed by atoms with Crippen LogP contribution in [-0.4, -0.2) is 70.5 Å². The molecule has 0 spiro atoms. The molecular weight excluding hydrogens is 470 g/mol. The molecule has 9 nitrogen and oxygen atoms in total. The van der Waals surface area contributed by atoms with Crippen LogP contribution in [0.3, 0.4) is 0 Å². The second-order valence-corrected chi connectivity index (χ2v) is 11.0. The average molecular weight is 518 g/mol. The van der Waals surface area contributed by atoms with Crippen LogP contribution in [0.4, 0.5) is 0 Å². The van der Waals surface area contributed by atoms with Crippen molar-refractivity contribution in [2.75, 3.05) is 40.5 Å². The Morgan fingerprint density at radius 2 is 1.80 bits per heavy atom. The van der Waals surface area contributed by atoms with Crippen LogP contribution >= 0.6 is 0 Å². The fraction of sp³-hybridized carbons (Fsp3) is 0.760. The molecule has 0 fully saturated rings. The second kappa shape index (κ2) is 16.3. The van der Waals surface area contributed by atoms with E-state index in [4.69, 9.17) is 25.1 Å². The van der Waals surface area contributed by atoms with Gasteiger partial charge >= 0.3 is 0 Å². The fourth-order valence-electron chi connectivity index (χ4n) is 3.95. The normalized spacial score (nSPS) is 14.8. The third kappa shape index (κ3) is 11.9. The molecule has 35 heavy (non-hydrogen) atoms. The lowest BCUT2D eigenvalue weighted by atomic mass is 9.83. The van der Waals surface area contributed by atoms with Gasteiger partial charge in [0, 0.05) is 39.3 Å². The van der Waals surface area contributed by atoms with E-state index in [0.29, 0.717) is 43.5 Å². The number of hydrogen-bond acceptors (Lipinski definition) is 7. The van der Waals surface area contributed by atoms with Crippen LogP contribution in [0.1, 0.15) is 58.4 Å². The van der Waals surface area contributed by atoms with Crippen molar-refractivity contribution in [1.82, 2.24) is 4.31 Å². The van der Waals surface area contributed by atoms with Gasteiger partial charge in [-0.1, -0.05) is 39.7 Å². The number of methoxy groups -OCH3 is 2. The van der Waals surface area contributed by atoms with Crippen molar-refractivity contribution < 1.29 is 27.7 Å². The molecule has 0 aromatic heterocycles. The molecular formula is C25H47N3O6S. The summed E-state index contributed by atoms with van der Waals surface area (Å²) in [5.74, 6) is 1.84. The summed E-state index contributed by atoms with van der Waals surface area (Å²) in [7, 11) is -0.633. The fourth-order valence-corrected chi connectivity index (χ4v) is 4.70. The third-order valence-electron chi connectivity index (χ3n) is 6.25. The standard InChI is InChI=1S/C25H47N3O6S/c1-6-7-8-12-28(35(27,30)31)18-23(29)22(26)17-21(19(2)3)15-20-10-11-24(33-5)25(16-20)34-14-9-13-32-4/h10-11,16,19,21-23,29H,6-9,12-15,17-18,26H2,1-5H3,(H2,27,30,31)/t21-,22-,23-/m0/s1. The van der Waals surface area contributed by atoms with E-state index in [0.717, 1.165) is 35.6 Å². The summed E-state index contributed by atoms with van der Waals surface area (Å²) in [6.45, 7) is 7.61. The summed E-state index contributed by atoms with van der Waals surface area (Å²) >= 11 is 0. The van der Waals surface area contributed by atoms with Crippen LogP contribution in [0.15, 0.2) is 18.2 Å². The maximum atomic E-state index is 12.0. The topological polar surface area (TPSA) is 137 Å². The first-order valence-electron chi connectivity index (χ1n) is 12.5. The summed E-state index contributed by atoms with van der Waals surface area (Å²) in [5.41, 5.74) is 7.44. The molecule has 0 radical (unpaired) electrons. The Labute approximate surface area is 212 Å². The molecule has 5 N–H and O–H groups in total. The van der Waals surface area contributed by atoms with Gasteiger partial charge in [0.25, 0.3) is 10.2 Å². The quantitative estimate of drug-likeness (QED) is 0.240. The van der Waals surface area contributed by atoms with Crippen LogP contribution in [0.2, 0.25) is 0 Å². The molecule has 0 heterocycles. The van der Waals surface area contributed by atoms with Gasteiger partial charge in [-0.2, -0.15) is 12.7 Å². The van der Waals surface area contributed by atoms with Crippen molar-refractivity contribution in [3.8, 4) is 11.5 Å². The van der Waals surface area contributed by atoms with Gasteiger partial charge in [-0.15, -0.1) is 0 Å². The Morgan fingerprint density at radius 1 is 1.09 bits per heavy atom. The molecule has 1 aromatic carbocycles. The maximum Gasteiger partial charge on any atom is 0.276 e. The van der Waals surface area contributed by atoms with Gasteiger partial charge in [0.1, 0.15) is 0 Å². The highest BCUT2D eigenvalue weighted by atomic mass is 32.2. The van der Waals surface area contributed by atoms with Gasteiger partial charge in [0.2, 0.25) is 0 Å². The predicted molar refractivity (Wildman–Crippen MR) is 140 cm³/mol. The van der Waals surface area contributed by atoms with Crippen molar-refractivity contribution in [2.45, 2.75) is 71.4 Å². The summed E-state index contributed by atoms with van der Waals surface area (Å²) in [6.07, 6.45) is 3.60. The highest BCUT2D eigenvalue weighted by Gasteiger charge is 2.27. The molecule has 0 amide bonds. The van der Waals surface area contributed by atoms with Crippen LogP contribution < -0.4 is 20.3 Å². The van der Waals surface area contributed by atoms with Crippen molar-refractivity contribution >= 4 is 10.2 Å².